The monoisotopic (exact) mass is 212 g/mol. The fourth-order valence-corrected chi connectivity index (χ4v) is 3.71. The van der Waals surface area contributed by atoms with Crippen LogP contribution in [0.5, 0.6) is 0 Å². The van der Waals surface area contributed by atoms with Crippen LogP contribution in [0.3, 0.4) is 0 Å². The van der Waals surface area contributed by atoms with E-state index in [1.165, 1.54) is 21.5 Å². The van der Waals surface area contributed by atoms with Crippen LogP contribution in [0.15, 0.2) is 48.5 Å². The van der Waals surface area contributed by atoms with E-state index < -0.39 is 0 Å². The molecule has 2 rings (SSSR count). The number of benzene rings is 2. The van der Waals surface area contributed by atoms with Crippen LogP contribution in [0.4, 0.5) is 0 Å². The lowest BCUT2D eigenvalue weighted by atomic mass is 10.2. The molecule has 0 atom stereocenters. The first-order chi connectivity index (χ1) is 7.24. The lowest BCUT2D eigenvalue weighted by Crippen LogP contribution is -2.27. The molecule has 0 saturated carbocycles. The van der Waals surface area contributed by atoms with E-state index in [-0.39, 0.29) is 9.52 Å². The average molecular weight is 212 g/mol. The SMILES string of the molecule is Cc1cccc([SiH2]c2cccc(C)c2)c1. The maximum atomic E-state index is 2.31. The second kappa shape index (κ2) is 4.45. The first kappa shape index (κ1) is 10.2. The van der Waals surface area contributed by atoms with Gasteiger partial charge < -0.3 is 0 Å². The molecule has 1 heteroatoms. The summed E-state index contributed by atoms with van der Waals surface area (Å²) in [5.41, 5.74) is 2.74. The molecule has 15 heavy (non-hydrogen) atoms. The fourth-order valence-electron chi connectivity index (χ4n) is 1.88. The maximum absolute atomic E-state index is 2.31. The Bertz CT molecular complexity index is 417. The highest BCUT2D eigenvalue weighted by molar-refractivity contribution is 6.67. The summed E-state index contributed by atoms with van der Waals surface area (Å²) in [5, 5.41) is 3.06. The van der Waals surface area contributed by atoms with Crippen molar-refractivity contribution in [2.24, 2.45) is 0 Å². The van der Waals surface area contributed by atoms with Crippen molar-refractivity contribution in [1.82, 2.24) is 0 Å². The minimum Gasteiger partial charge on any atom is -0.0633 e. The third-order valence-corrected chi connectivity index (χ3v) is 4.27. The summed E-state index contributed by atoms with van der Waals surface area (Å²) in [5.74, 6) is 0. The minimum absolute atomic E-state index is 0.277. The molecular formula is C14H16Si. The van der Waals surface area contributed by atoms with Gasteiger partial charge in [0, 0.05) is 0 Å². The van der Waals surface area contributed by atoms with Crippen molar-refractivity contribution in [2.45, 2.75) is 13.8 Å². The molecule has 0 spiro atoms. The predicted octanol–water partition coefficient (Wildman–Crippen LogP) is 1.42. The van der Waals surface area contributed by atoms with Gasteiger partial charge in [-0.1, -0.05) is 70.0 Å². The van der Waals surface area contributed by atoms with Crippen molar-refractivity contribution >= 4 is 19.9 Å². The van der Waals surface area contributed by atoms with Gasteiger partial charge in [0.1, 0.15) is 0 Å². The number of rotatable bonds is 2. The van der Waals surface area contributed by atoms with Crippen molar-refractivity contribution in [3.8, 4) is 0 Å². The van der Waals surface area contributed by atoms with Gasteiger partial charge in [0.05, 0.1) is 9.52 Å². The Balaban J connectivity index is 2.22. The Kier molecular flexibility index (Phi) is 3.02. The molecule has 2 aromatic rings. The Labute approximate surface area is 93.8 Å². The molecule has 0 fully saturated rings. The van der Waals surface area contributed by atoms with Crippen LogP contribution >= 0.6 is 0 Å². The number of aryl methyl sites for hydroxylation is 2. The quantitative estimate of drug-likeness (QED) is 0.661. The van der Waals surface area contributed by atoms with Crippen molar-refractivity contribution in [1.29, 1.82) is 0 Å². The highest BCUT2D eigenvalue weighted by atomic mass is 28.2. The van der Waals surface area contributed by atoms with E-state index in [1.807, 2.05) is 0 Å². The van der Waals surface area contributed by atoms with Crippen LogP contribution in [0.1, 0.15) is 11.1 Å². The van der Waals surface area contributed by atoms with Gasteiger partial charge in [-0.15, -0.1) is 0 Å². The predicted molar refractivity (Wildman–Crippen MR) is 70.2 cm³/mol. The third-order valence-electron chi connectivity index (χ3n) is 2.57. The van der Waals surface area contributed by atoms with Crippen LogP contribution in [0, 0.1) is 13.8 Å². The van der Waals surface area contributed by atoms with Crippen LogP contribution < -0.4 is 10.4 Å². The van der Waals surface area contributed by atoms with Gasteiger partial charge in [0.25, 0.3) is 0 Å². The summed E-state index contributed by atoms with van der Waals surface area (Å²) < 4.78 is 0. The molecule has 0 aliphatic carbocycles. The summed E-state index contributed by atoms with van der Waals surface area (Å²) in [6.07, 6.45) is 0. The summed E-state index contributed by atoms with van der Waals surface area (Å²) in [4.78, 5) is 0. The van der Waals surface area contributed by atoms with Gasteiger partial charge in [-0.3, -0.25) is 0 Å². The molecule has 0 heterocycles. The van der Waals surface area contributed by atoms with E-state index >= 15 is 0 Å². The van der Waals surface area contributed by atoms with E-state index in [4.69, 9.17) is 0 Å². The fraction of sp³-hybridized carbons (Fsp3) is 0.143. The van der Waals surface area contributed by atoms with E-state index in [9.17, 15) is 0 Å². The van der Waals surface area contributed by atoms with Gasteiger partial charge in [-0.05, 0) is 13.8 Å². The van der Waals surface area contributed by atoms with E-state index in [0.29, 0.717) is 0 Å². The molecule has 0 bridgehead atoms. The summed E-state index contributed by atoms with van der Waals surface area (Å²) in [6.45, 7) is 4.32. The van der Waals surface area contributed by atoms with Crippen LogP contribution in [-0.4, -0.2) is 9.52 Å². The summed E-state index contributed by atoms with van der Waals surface area (Å²) >= 11 is 0. The van der Waals surface area contributed by atoms with Crippen LogP contribution in [-0.2, 0) is 0 Å². The largest absolute Gasteiger partial charge is 0.0875 e. The lowest BCUT2D eigenvalue weighted by Gasteiger charge is -2.03. The van der Waals surface area contributed by atoms with Crippen LogP contribution in [0.25, 0.3) is 0 Å². The second-order valence-corrected chi connectivity index (χ2v) is 6.14. The zero-order chi connectivity index (χ0) is 10.7. The summed E-state index contributed by atoms with van der Waals surface area (Å²) in [6, 6.07) is 17.8. The van der Waals surface area contributed by atoms with E-state index in [1.54, 1.807) is 0 Å². The minimum atomic E-state index is -0.277. The van der Waals surface area contributed by atoms with E-state index in [0.717, 1.165) is 0 Å². The highest BCUT2D eigenvalue weighted by Crippen LogP contribution is 1.94. The van der Waals surface area contributed by atoms with E-state index in [2.05, 4.69) is 62.4 Å². The number of hydrogen-bond acceptors (Lipinski definition) is 0. The molecule has 0 radical (unpaired) electrons. The van der Waals surface area contributed by atoms with Gasteiger partial charge in [-0.2, -0.15) is 0 Å². The lowest BCUT2D eigenvalue weighted by molar-refractivity contribution is 1.49. The molecular weight excluding hydrogens is 196 g/mol. The topological polar surface area (TPSA) is 0 Å². The smallest absolute Gasteiger partial charge is 0.0633 e. The average Bonchev–Trinajstić information content (AvgIpc) is 2.17. The van der Waals surface area contributed by atoms with Gasteiger partial charge in [0.2, 0.25) is 0 Å². The zero-order valence-corrected chi connectivity index (χ0v) is 10.7. The molecule has 76 valence electrons. The van der Waals surface area contributed by atoms with Crippen molar-refractivity contribution in [3.05, 3.63) is 59.7 Å². The standard InChI is InChI=1S/C14H16Si/c1-11-5-3-7-13(9-11)15-14-8-4-6-12(2)10-14/h3-10H,15H2,1-2H3. The van der Waals surface area contributed by atoms with Crippen LogP contribution in [0.2, 0.25) is 0 Å². The first-order valence-corrected chi connectivity index (χ1v) is 6.76. The van der Waals surface area contributed by atoms with Gasteiger partial charge in [-0.25, -0.2) is 0 Å². The molecule has 0 amide bonds. The molecule has 0 saturated heterocycles. The Hall–Kier alpha value is -1.34. The van der Waals surface area contributed by atoms with Gasteiger partial charge in [0.15, 0.2) is 0 Å². The Morgan fingerprint density at radius 1 is 0.733 bits per heavy atom. The Morgan fingerprint density at radius 2 is 1.20 bits per heavy atom. The molecule has 2 aromatic carbocycles. The second-order valence-electron chi connectivity index (χ2n) is 4.15. The third kappa shape index (κ3) is 2.80. The van der Waals surface area contributed by atoms with Gasteiger partial charge >= 0.3 is 0 Å². The molecule has 0 aliphatic rings. The molecule has 0 aromatic heterocycles. The number of hydrogen-bond donors (Lipinski definition) is 0. The molecule has 0 aliphatic heterocycles. The zero-order valence-electron chi connectivity index (χ0n) is 9.33. The first-order valence-electron chi connectivity index (χ1n) is 5.35. The molecule has 0 N–H and O–H groups in total. The summed E-state index contributed by atoms with van der Waals surface area (Å²) in [7, 11) is -0.277. The highest BCUT2D eigenvalue weighted by Gasteiger charge is 1.97. The molecule has 0 unspecified atom stereocenters. The Morgan fingerprint density at radius 3 is 1.60 bits per heavy atom. The van der Waals surface area contributed by atoms with Crippen molar-refractivity contribution < 1.29 is 0 Å². The maximum Gasteiger partial charge on any atom is 0.0875 e. The van der Waals surface area contributed by atoms with Crippen molar-refractivity contribution in [2.75, 3.05) is 0 Å². The van der Waals surface area contributed by atoms with Crippen molar-refractivity contribution in [3.63, 3.8) is 0 Å². The normalized spacial score (nSPS) is 10.3. The molecule has 0 nitrogen and oxygen atoms in total.